The Kier molecular flexibility index (Phi) is 12.0. The molecule has 2 aromatic carbocycles. The quantitative estimate of drug-likeness (QED) is 0.261. The molecule has 0 saturated heterocycles. The van der Waals surface area contributed by atoms with E-state index >= 15 is 0 Å². The molecule has 0 aromatic heterocycles. The molecule has 0 fully saturated rings. The first-order valence-corrected chi connectivity index (χ1v) is 13.0. The molecule has 0 atom stereocenters. The molecule has 2 rings (SSSR count). The SMILES string of the molecule is C=C(c1ccc(N(CCCC)CCCC)cc1)c1ccc(N(CCCC)CCCC)cc1. The molecule has 0 aliphatic rings. The second-order valence-corrected chi connectivity index (χ2v) is 8.96. The molecule has 0 spiro atoms. The summed E-state index contributed by atoms with van der Waals surface area (Å²) in [5, 5.41) is 0. The number of hydrogen-bond donors (Lipinski definition) is 0. The summed E-state index contributed by atoms with van der Waals surface area (Å²) >= 11 is 0. The van der Waals surface area contributed by atoms with Crippen molar-refractivity contribution in [1.82, 2.24) is 0 Å². The third-order valence-electron chi connectivity index (χ3n) is 6.29. The van der Waals surface area contributed by atoms with E-state index in [1.165, 1.54) is 73.9 Å². The highest BCUT2D eigenvalue weighted by atomic mass is 15.1. The summed E-state index contributed by atoms with van der Waals surface area (Å²) in [4.78, 5) is 5.07. The van der Waals surface area contributed by atoms with E-state index in [2.05, 4.69) is 92.6 Å². The van der Waals surface area contributed by atoms with Crippen molar-refractivity contribution >= 4 is 16.9 Å². The standard InChI is InChI=1S/C30H46N2/c1-6-10-22-31(23-11-7-2)29-18-14-27(15-19-29)26(5)28-16-20-30(21-17-28)32(24-12-8-3)25-13-9-4/h14-21H,5-13,22-25H2,1-4H3. The van der Waals surface area contributed by atoms with Crippen LogP contribution in [0, 0.1) is 0 Å². The topological polar surface area (TPSA) is 6.48 Å². The van der Waals surface area contributed by atoms with Gasteiger partial charge in [0, 0.05) is 37.6 Å². The minimum absolute atomic E-state index is 1.10. The van der Waals surface area contributed by atoms with Crippen LogP contribution in [0.2, 0.25) is 0 Å². The predicted octanol–water partition coefficient (Wildman–Crippen LogP) is 8.56. The lowest BCUT2D eigenvalue weighted by Gasteiger charge is -2.25. The minimum atomic E-state index is 1.10. The fourth-order valence-electron chi connectivity index (χ4n) is 4.05. The molecular formula is C30H46N2. The van der Waals surface area contributed by atoms with Crippen molar-refractivity contribution in [3.8, 4) is 0 Å². The van der Waals surface area contributed by atoms with Gasteiger partial charge in [0.25, 0.3) is 0 Å². The van der Waals surface area contributed by atoms with Crippen LogP contribution in [-0.2, 0) is 0 Å². The molecular weight excluding hydrogens is 388 g/mol. The fraction of sp³-hybridized carbons (Fsp3) is 0.533. The molecule has 0 radical (unpaired) electrons. The maximum atomic E-state index is 4.42. The van der Waals surface area contributed by atoms with Crippen LogP contribution < -0.4 is 9.80 Å². The first-order chi connectivity index (χ1) is 15.6. The number of anilines is 2. The first-order valence-electron chi connectivity index (χ1n) is 13.0. The summed E-state index contributed by atoms with van der Waals surface area (Å²) in [6, 6.07) is 18.1. The van der Waals surface area contributed by atoms with Crippen molar-refractivity contribution < 1.29 is 0 Å². The van der Waals surface area contributed by atoms with Gasteiger partial charge in [-0.2, -0.15) is 0 Å². The summed E-state index contributed by atoms with van der Waals surface area (Å²) in [5.74, 6) is 0. The third kappa shape index (κ3) is 8.04. The maximum Gasteiger partial charge on any atom is 0.0366 e. The van der Waals surface area contributed by atoms with Gasteiger partial charge in [-0.1, -0.05) is 84.2 Å². The first kappa shape index (κ1) is 26.0. The highest BCUT2D eigenvalue weighted by molar-refractivity contribution is 5.79. The molecule has 32 heavy (non-hydrogen) atoms. The number of unbranched alkanes of at least 4 members (excludes halogenated alkanes) is 4. The summed E-state index contributed by atoms with van der Waals surface area (Å²) in [6.07, 6.45) is 9.94. The molecule has 0 aliphatic carbocycles. The molecule has 2 heteroatoms. The highest BCUT2D eigenvalue weighted by Gasteiger charge is 2.09. The minimum Gasteiger partial charge on any atom is -0.372 e. The van der Waals surface area contributed by atoms with Crippen LogP contribution in [0.4, 0.5) is 11.4 Å². The molecule has 0 aliphatic heterocycles. The number of benzene rings is 2. The predicted molar refractivity (Wildman–Crippen MR) is 145 cm³/mol. The van der Waals surface area contributed by atoms with E-state index in [1.54, 1.807) is 0 Å². The molecule has 0 unspecified atom stereocenters. The normalized spacial score (nSPS) is 10.9. The van der Waals surface area contributed by atoms with E-state index in [0.717, 1.165) is 31.8 Å². The van der Waals surface area contributed by atoms with Crippen LogP contribution in [0.3, 0.4) is 0 Å². The monoisotopic (exact) mass is 434 g/mol. The van der Waals surface area contributed by atoms with Gasteiger partial charge in [0.15, 0.2) is 0 Å². The fourth-order valence-corrected chi connectivity index (χ4v) is 4.05. The average Bonchev–Trinajstić information content (AvgIpc) is 2.84. The second kappa shape index (κ2) is 14.8. The van der Waals surface area contributed by atoms with Gasteiger partial charge in [-0.05, 0) is 66.6 Å². The largest absolute Gasteiger partial charge is 0.372 e. The van der Waals surface area contributed by atoms with Gasteiger partial charge in [-0.15, -0.1) is 0 Å². The van der Waals surface area contributed by atoms with Gasteiger partial charge in [0.05, 0.1) is 0 Å². The maximum absolute atomic E-state index is 4.42. The van der Waals surface area contributed by atoms with Crippen molar-refractivity contribution in [3.63, 3.8) is 0 Å². The highest BCUT2D eigenvalue weighted by Crippen LogP contribution is 2.27. The Labute approximate surface area is 198 Å². The summed E-state index contributed by atoms with van der Waals surface area (Å²) in [7, 11) is 0. The number of nitrogens with zero attached hydrogens (tertiary/aromatic N) is 2. The van der Waals surface area contributed by atoms with Gasteiger partial charge in [-0.25, -0.2) is 0 Å². The lowest BCUT2D eigenvalue weighted by molar-refractivity contribution is 0.678. The zero-order valence-corrected chi connectivity index (χ0v) is 21.2. The lowest BCUT2D eigenvalue weighted by Crippen LogP contribution is -2.25. The Bertz CT molecular complexity index is 679. The van der Waals surface area contributed by atoms with Crippen LogP contribution >= 0.6 is 0 Å². The van der Waals surface area contributed by atoms with Crippen molar-refractivity contribution in [2.24, 2.45) is 0 Å². The van der Waals surface area contributed by atoms with Gasteiger partial charge < -0.3 is 9.80 Å². The molecule has 2 nitrogen and oxygen atoms in total. The summed E-state index contributed by atoms with van der Waals surface area (Å²) in [6.45, 7) is 18.1. The summed E-state index contributed by atoms with van der Waals surface area (Å²) < 4.78 is 0. The van der Waals surface area contributed by atoms with E-state index in [1.807, 2.05) is 0 Å². The van der Waals surface area contributed by atoms with Crippen LogP contribution in [0.5, 0.6) is 0 Å². The molecule has 176 valence electrons. The molecule has 2 aromatic rings. The molecule has 0 amide bonds. The molecule has 0 N–H and O–H groups in total. The van der Waals surface area contributed by atoms with Crippen LogP contribution in [0.15, 0.2) is 55.1 Å². The lowest BCUT2D eigenvalue weighted by atomic mass is 9.99. The number of rotatable bonds is 16. The van der Waals surface area contributed by atoms with Gasteiger partial charge in [0.2, 0.25) is 0 Å². The smallest absolute Gasteiger partial charge is 0.0366 e. The Morgan fingerprint density at radius 1 is 0.531 bits per heavy atom. The van der Waals surface area contributed by atoms with Gasteiger partial charge in [-0.3, -0.25) is 0 Å². The van der Waals surface area contributed by atoms with Crippen LogP contribution in [0.25, 0.3) is 5.57 Å². The Hall–Kier alpha value is -2.22. The van der Waals surface area contributed by atoms with Crippen LogP contribution in [-0.4, -0.2) is 26.2 Å². The van der Waals surface area contributed by atoms with Crippen molar-refractivity contribution in [3.05, 3.63) is 66.2 Å². The van der Waals surface area contributed by atoms with E-state index in [9.17, 15) is 0 Å². The third-order valence-corrected chi connectivity index (χ3v) is 6.29. The van der Waals surface area contributed by atoms with Crippen molar-refractivity contribution in [2.75, 3.05) is 36.0 Å². The van der Waals surface area contributed by atoms with Crippen LogP contribution in [0.1, 0.15) is 90.2 Å². The summed E-state index contributed by atoms with van der Waals surface area (Å²) in [5.41, 5.74) is 6.19. The Balaban J connectivity index is 2.09. The van der Waals surface area contributed by atoms with Gasteiger partial charge >= 0.3 is 0 Å². The van der Waals surface area contributed by atoms with Gasteiger partial charge in [0.1, 0.15) is 0 Å². The second-order valence-electron chi connectivity index (χ2n) is 8.96. The van der Waals surface area contributed by atoms with Crippen molar-refractivity contribution in [1.29, 1.82) is 0 Å². The van der Waals surface area contributed by atoms with E-state index < -0.39 is 0 Å². The van der Waals surface area contributed by atoms with E-state index in [-0.39, 0.29) is 0 Å². The molecule has 0 heterocycles. The molecule has 0 saturated carbocycles. The zero-order valence-electron chi connectivity index (χ0n) is 21.2. The Morgan fingerprint density at radius 2 is 0.812 bits per heavy atom. The average molecular weight is 435 g/mol. The van der Waals surface area contributed by atoms with Crippen molar-refractivity contribution in [2.45, 2.75) is 79.1 Å². The number of hydrogen-bond acceptors (Lipinski definition) is 2. The van der Waals surface area contributed by atoms with E-state index in [0.29, 0.717) is 0 Å². The Morgan fingerprint density at radius 3 is 1.06 bits per heavy atom. The van der Waals surface area contributed by atoms with E-state index in [4.69, 9.17) is 0 Å². The zero-order chi connectivity index (χ0) is 23.2. The molecule has 0 bridgehead atoms.